The lowest BCUT2D eigenvalue weighted by Gasteiger charge is -2.21. The van der Waals surface area contributed by atoms with Crippen LogP contribution in [0.1, 0.15) is 28.9 Å². The van der Waals surface area contributed by atoms with Gasteiger partial charge in [0, 0.05) is 15.9 Å². The van der Waals surface area contributed by atoms with E-state index in [0.29, 0.717) is 22.2 Å². The Hall–Kier alpha value is -2.24. The molecule has 3 aromatic rings. The molecule has 23 heavy (non-hydrogen) atoms. The molecule has 2 heterocycles. The average Bonchev–Trinajstić information content (AvgIpc) is 3.11. The van der Waals surface area contributed by atoms with Crippen molar-refractivity contribution < 1.29 is 14.3 Å². The minimum Gasteiger partial charge on any atom is -0.463 e. The molecule has 2 aromatic heterocycles. The molecule has 0 saturated heterocycles. The van der Waals surface area contributed by atoms with Crippen LogP contribution in [0, 0.1) is 6.92 Å². The van der Waals surface area contributed by atoms with Crippen LogP contribution in [-0.4, -0.2) is 22.5 Å². The Bertz CT molecular complexity index is 864. The van der Waals surface area contributed by atoms with Crippen LogP contribution in [-0.2, 0) is 5.60 Å². The summed E-state index contributed by atoms with van der Waals surface area (Å²) in [4.78, 5) is 15.3. The summed E-state index contributed by atoms with van der Waals surface area (Å²) in [6.45, 7) is 3.43. The van der Waals surface area contributed by atoms with Gasteiger partial charge in [-0.2, -0.15) is 0 Å². The van der Waals surface area contributed by atoms with Crippen LogP contribution in [0.2, 0.25) is 5.02 Å². The monoisotopic (exact) mass is 332 g/mol. The normalized spacial score (nSPS) is 13.9. The summed E-state index contributed by atoms with van der Waals surface area (Å²) >= 11 is 5.93. The van der Waals surface area contributed by atoms with Crippen LogP contribution in [0.4, 0.5) is 0 Å². The van der Waals surface area contributed by atoms with Crippen LogP contribution < -0.4 is 5.32 Å². The summed E-state index contributed by atoms with van der Waals surface area (Å²) < 4.78 is 5.42. The molecule has 0 spiro atoms. The van der Waals surface area contributed by atoms with Crippen molar-refractivity contribution in [2.45, 2.75) is 19.4 Å². The number of nitrogens with one attached hydrogen (secondary N) is 2. The fraction of sp³-hybridized carbons (Fsp3) is 0.235. The molecular formula is C17H17ClN2O3. The highest BCUT2D eigenvalue weighted by Crippen LogP contribution is 2.23. The Balaban J connectivity index is 1.73. The van der Waals surface area contributed by atoms with E-state index in [1.807, 2.05) is 6.07 Å². The zero-order valence-electron chi connectivity index (χ0n) is 12.8. The number of carbonyl (C=O) groups excluding carboxylic acids is 1. The van der Waals surface area contributed by atoms with Crippen LogP contribution in [0.5, 0.6) is 0 Å². The second-order valence-corrected chi connectivity index (χ2v) is 6.22. The van der Waals surface area contributed by atoms with E-state index in [-0.39, 0.29) is 12.5 Å². The topological polar surface area (TPSA) is 78.3 Å². The SMILES string of the molecule is Cc1ccc(C(C)(O)CNC(=O)c2cc3ccc(Cl)cc3[nH]2)o1. The predicted octanol–water partition coefficient (Wildman–Crippen LogP) is 3.36. The highest BCUT2D eigenvalue weighted by Gasteiger charge is 2.27. The molecule has 0 fully saturated rings. The molecule has 1 amide bonds. The van der Waals surface area contributed by atoms with Crippen molar-refractivity contribution in [1.82, 2.24) is 10.3 Å². The maximum atomic E-state index is 12.3. The largest absolute Gasteiger partial charge is 0.463 e. The number of benzene rings is 1. The highest BCUT2D eigenvalue weighted by atomic mass is 35.5. The molecule has 5 nitrogen and oxygen atoms in total. The zero-order valence-corrected chi connectivity index (χ0v) is 13.6. The second kappa shape index (κ2) is 5.76. The number of rotatable bonds is 4. The van der Waals surface area contributed by atoms with Crippen LogP contribution in [0.25, 0.3) is 10.9 Å². The molecule has 0 radical (unpaired) electrons. The fourth-order valence-electron chi connectivity index (χ4n) is 2.38. The first-order chi connectivity index (χ1) is 10.8. The van der Waals surface area contributed by atoms with E-state index < -0.39 is 5.60 Å². The molecule has 120 valence electrons. The van der Waals surface area contributed by atoms with Crippen LogP contribution >= 0.6 is 11.6 Å². The van der Waals surface area contributed by atoms with Crippen molar-refractivity contribution in [1.29, 1.82) is 0 Å². The average molecular weight is 333 g/mol. The molecule has 3 rings (SSSR count). The van der Waals surface area contributed by atoms with E-state index in [0.717, 1.165) is 10.9 Å². The van der Waals surface area contributed by atoms with Gasteiger partial charge in [0.2, 0.25) is 0 Å². The van der Waals surface area contributed by atoms with Gasteiger partial charge in [-0.1, -0.05) is 17.7 Å². The minimum absolute atomic E-state index is 0.0366. The van der Waals surface area contributed by atoms with Crippen molar-refractivity contribution in [3.63, 3.8) is 0 Å². The summed E-state index contributed by atoms with van der Waals surface area (Å²) in [7, 11) is 0. The number of furan rings is 1. The number of hydrogen-bond acceptors (Lipinski definition) is 3. The van der Waals surface area contributed by atoms with Crippen molar-refractivity contribution in [2.24, 2.45) is 0 Å². The number of aromatic nitrogens is 1. The number of carbonyl (C=O) groups is 1. The van der Waals surface area contributed by atoms with Crippen LogP contribution in [0.3, 0.4) is 0 Å². The molecule has 1 unspecified atom stereocenters. The van der Waals surface area contributed by atoms with Crippen molar-refractivity contribution in [2.75, 3.05) is 6.54 Å². The number of aromatic amines is 1. The van der Waals surface area contributed by atoms with E-state index in [2.05, 4.69) is 10.3 Å². The zero-order chi connectivity index (χ0) is 16.6. The number of amides is 1. The third kappa shape index (κ3) is 3.25. The van der Waals surface area contributed by atoms with Crippen molar-refractivity contribution in [3.8, 4) is 0 Å². The summed E-state index contributed by atoms with van der Waals surface area (Å²) in [6, 6.07) is 10.6. The molecule has 6 heteroatoms. The smallest absolute Gasteiger partial charge is 0.267 e. The molecule has 1 aromatic carbocycles. The molecule has 1 atom stereocenters. The van der Waals surface area contributed by atoms with Crippen LogP contribution in [0.15, 0.2) is 40.8 Å². The van der Waals surface area contributed by atoms with E-state index in [1.165, 1.54) is 0 Å². The predicted molar refractivity (Wildman–Crippen MR) is 88.7 cm³/mol. The third-order valence-corrected chi connectivity index (χ3v) is 3.93. The van der Waals surface area contributed by atoms with Gasteiger partial charge in [-0.15, -0.1) is 0 Å². The van der Waals surface area contributed by atoms with Gasteiger partial charge in [-0.3, -0.25) is 4.79 Å². The quantitative estimate of drug-likeness (QED) is 0.685. The lowest BCUT2D eigenvalue weighted by atomic mass is 10.0. The summed E-state index contributed by atoms with van der Waals surface area (Å²) in [5.74, 6) is 0.818. The lowest BCUT2D eigenvalue weighted by Crippen LogP contribution is -2.38. The van der Waals surface area contributed by atoms with Gasteiger partial charge in [0.15, 0.2) is 0 Å². The Labute approximate surface area is 138 Å². The van der Waals surface area contributed by atoms with E-state index >= 15 is 0 Å². The first-order valence-corrected chi connectivity index (χ1v) is 7.59. The van der Waals surface area contributed by atoms with Gasteiger partial charge < -0.3 is 19.8 Å². The Morgan fingerprint density at radius 1 is 1.35 bits per heavy atom. The lowest BCUT2D eigenvalue weighted by molar-refractivity contribution is 0.0323. The maximum absolute atomic E-state index is 12.3. The molecule has 3 N–H and O–H groups in total. The maximum Gasteiger partial charge on any atom is 0.267 e. The summed E-state index contributed by atoms with van der Waals surface area (Å²) in [5, 5.41) is 14.6. The Morgan fingerprint density at radius 2 is 2.13 bits per heavy atom. The van der Waals surface area contributed by atoms with Crippen molar-refractivity contribution in [3.05, 3.63) is 58.6 Å². The second-order valence-electron chi connectivity index (χ2n) is 5.78. The molecule has 0 bridgehead atoms. The standard InChI is InChI=1S/C17H17ClN2O3/c1-10-3-6-15(23-10)17(2,22)9-19-16(21)14-7-11-4-5-12(18)8-13(11)20-14/h3-8,20,22H,9H2,1-2H3,(H,19,21). The number of aryl methyl sites for hydroxylation is 1. The van der Waals surface area contributed by atoms with Gasteiger partial charge in [-0.05, 0) is 44.2 Å². The number of aliphatic hydroxyl groups is 1. The first-order valence-electron chi connectivity index (χ1n) is 7.21. The number of hydrogen-bond donors (Lipinski definition) is 3. The highest BCUT2D eigenvalue weighted by molar-refractivity contribution is 6.31. The molecular weight excluding hydrogens is 316 g/mol. The van der Waals surface area contributed by atoms with Gasteiger partial charge >= 0.3 is 0 Å². The molecule has 0 saturated carbocycles. The molecule has 0 aliphatic rings. The van der Waals surface area contributed by atoms with E-state index in [9.17, 15) is 9.90 Å². The third-order valence-electron chi connectivity index (χ3n) is 3.69. The minimum atomic E-state index is -1.28. The number of halogens is 1. The van der Waals surface area contributed by atoms with E-state index in [4.69, 9.17) is 16.0 Å². The van der Waals surface area contributed by atoms with Gasteiger partial charge in [0.1, 0.15) is 22.8 Å². The van der Waals surface area contributed by atoms with Gasteiger partial charge in [0.25, 0.3) is 5.91 Å². The summed E-state index contributed by atoms with van der Waals surface area (Å²) in [5.41, 5.74) is -0.0797. The van der Waals surface area contributed by atoms with Gasteiger partial charge in [-0.25, -0.2) is 0 Å². The van der Waals surface area contributed by atoms with Gasteiger partial charge in [0.05, 0.1) is 6.54 Å². The van der Waals surface area contributed by atoms with E-state index in [1.54, 1.807) is 44.2 Å². The fourth-order valence-corrected chi connectivity index (χ4v) is 2.55. The number of fused-ring (bicyclic) bond motifs is 1. The van der Waals surface area contributed by atoms with Crippen molar-refractivity contribution >= 4 is 28.4 Å². The Kier molecular flexibility index (Phi) is 3.92. The molecule has 0 aliphatic carbocycles. The first kappa shape index (κ1) is 15.6. The Morgan fingerprint density at radius 3 is 2.83 bits per heavy atom. The molecule has 0 aliphatic heterocycles. The number of H-pyrrole nitrogens is 1. The summed E-state index contributed by atoms with van der Waals surface area (Å²) in [6.07, 6.45) is 0.